The lowest BCUT2D eigenvalue weighted by Gasteiger charge is -2.23. The van der Waals surface area contributed by atoms with Crippen molar-refractivity contribution < 1.29 is 9.53 Å². The molecule has 2 bridgehead atoms. The van der Waals surface area contributed by atoms with Gasteiger partial charge in [0, 0.05) is 11.5 Å². The van der Waals surface area contributed by atoms with Gasteiger partial charge in [0.15, 0.2) is 5.78 Å². The van der Waals surface area contributed by atoms with E-state index in [2.05, 4.69) is 31.2 Å². The Morgan fingerprint density at radius 1 is 0.900 bits per heavy atom. The van der Waals surface area contributed by atoms with Crippen LogP contribution in [0.15, 0.2) is 42.5 Å². The summed E-state index contributed by atoms with van der Waals surface area (Å²) in [6, 6.07) is 14.6. The van der Waals surface area contributed by atoms with Gasteiger partial charge < -0.3 is 4.74 Å². The van der Waals surface area contributed by atoms with Gasteiger partial charge in [-0.15, -0.1) is 0 Å². The van der Waals surface area contributed by atoms with Crippen LogP contribution in [-0.2, 0) is 4.74 Å². The molecule has 2 aliphatic heterocycles. The fraction of sp³-hybridized carbons (Fsp3) is 0.278. The summed E-state index contributed by atoms with van der Waals surface area (Å²) in [5.41, 5.74) is 5.82. The van der Waals surface area contributed by atoms with Crippen LogP contribution in [0.1, 0.15) is 50.7 Å². The summed E-state index contributed by atoms with van der Waals surface area (Å²) in [5.74, 6) is 0.482. The highest BCUT2D eigenvalue weighted by Crippen LogP contribution is 2.64. The fourth-order valence-electron chi connectivity index (χ4n) is 4.29. The molecule has 5 rings (SSSR count). The standard InChI is InChI=1S/C18H14O2/c1-9-6-7-10-13(8-9)14-15(16(10)19)18-12-5-3-2-4-11(12)17(14)20-18/h2-8,14-15,17-18H,1H3/t14-,15-,17+,18-/m0/s1. The van der Waals surface area contributed by atoms with E-state index in [4.69, 9.17) is 4.74 Å². The van der Waals surface area contributed by atoms with Gasteiger partial charge >= 0.3 is 0 Å². The molecule has 0 amide bonds. The van der Waals surface area contributed by atoms with Crippen molar-refractivity contribution in [1.82, 2.24) is 0 Å². The van der Waals surface area contributed by atoms with Crippen molar-refractivity contribution in [2.24, 2.45) is 5.92 Å². The molecule has 0 radical (unpaired) electrons. The van der Waals surface area contributed by atoms with Crippen LogP contribution in [0.25, 0.3) is 0 Å². The van der Waals surface area contributed by atoms with Gasteiger partial charge in [-0.2, -0.15) is 0 Å². The molecule has 0 spiro atoms. The van der Waals surface area contributed by atoms with Crippen LogP contribution in [-0.4, -0.2) is 5.78 Å². The van der Waals surface area contributed by atoms with Crippen molar-refractivity contribution in [1.29, 1.82) is 0 Å². The Kier molecular flexibility index (Phi) is 1.83. The van der Waals surface area contributed by atoms with E-state index in [1.54, 1.807) is 0 Å². The van der Waals surface area contributed by atoms with E-state index < -0.39 is 0 Å². The molecule has 0 N–H and O–H groups in total. The zero-order valence-corrected chi connectivity index (χ0v) is 11.2. The predicted octanol–water partition coefficient (Wildman–Crippen LogP) is 3.72. The third-order valence-corrected chi connectivity index (χ3v) is 5.08. The van der Waals surface area contributed by atoms with Crippen LogP contribution >= 0.6 is 0 Å². The van der Waals surface area contributed by atoms with Crippen LogP contribution < -0.4 is 0 Å². The number of Topliss-reactive ketones (excluding diaryl/α,β-unsaturated/α-hetero) is 1. The SMILES string of the molecule is Cc1ccc2c(c1)[C@H]1[C@@H](C2=O)[C@H]2O[C@@H]1c1ccccc12. The minimum absolute atomic E-state index is 0.00769. The maximum atomic E-state index is 12.7. The maximum Gasteiger partial charge on any atom is 0.169 e. The molecule has 1 aliphatic carbocycles. The number of benzene rings is 2. The molecule has 0 saturated carbocycles. The van der Waals surface area contributed by atoms with Crippen molar-refractivity contribution in [3.05, 3.63) is 70.3 Å². The molecule has 20 heavy (non-hydrogen) atoms. The van der Waals surface area contributed by atoms with Gasteiger partial charge in [-0.3, -0.25) is 4.79 Å². The summed E-state index contributed by atoms with van der Waals surface area (Å²) >= 11 is 0. The van der Waals surface area contributed by atoms with Gasteiger partial charge in [-0.25, -0.2) is 0 Å². The van der Waals surface area contributed by atoms with Gasteiger partial charge in [0.2, 0.25) is 0 Å². The Bertz CT molecular complexity index is 762. The molecule has 98 valence electrons. The molecule has 3 aliphatic rings. The number of rotatable bonds is 0. The number of hydrogen-bond acceptors (Lipinski definition) is 2. The van der Waals surface area contributed by atoms with E-state index in [-0.39, 0.29) is 29.8 Å². The summed E-state index contributed by atoms with van der Waals surface area (Å²) in [6.07, 6.45) is 0.0228. The Morgan fingerprint density at radius 2 is 1.60 bits per heavy atom. The summed E-state index contributed by atoms with van der Waals surface area (Å²) in [5, 5.41) is 0. The average molecular weight is 262 g/mol. The Morgan fingerprint density at radius 3 is 2.35 bits per heavy atom. The van der Waals surface area contributed by atoms with Crippen molar-refractivity contribution in [2.75, 3.05) is 0 Å². The van der Waals surface area contributed by atoms with Gasteiger partial charge in [0.1, 0.15) is 0 Å². The smallest absolute Gasteiger partial charge is 0.169 e. The van der Waals surface area contributed by atoms with Crippen molar-refractivity contribution in [3.63, 3.8) is 0 Å². The predicted molar refractivity (Wildman–Crippen MR) is 74.7 cm³/mol. The molecule has 2 heterocycles. The lowest BCUT2D eigenvalue weighted by molar-refractivity contribution is 0.0526. The number of carbonyl (C=O) groups excluding carboxylic acids is 1. The normalized spacial score (nSPS) is 32.1. The number of fused-ring (bicyclic) bond motifs is 10. The van der Waals surface area contributed by atoms with Crippen LogP contribution in [0.2, 0.25) is 0 Å². The van der Waals surface area contributed by atoms with E-state index in [0.29, 0.717) is 0 Å². The number of ether oxygens (including phenoxy) is 1. The van der Waals surface area contributed by atoms with Gasteiger partial charge in [-0.05, 0) is 23.6 Å². The first kappa shape index (κ1) is 10.8. The Hall–Kier alpha value is -1.93. The summed E-state index contributed by atoms with van der Waals surface area (Å²) in [4.78, 5) is 12.7. The monoisotopic (exact) mass is 262 g/mol. The number of aryl methyl sites for hydroxylation is 1. The van der Waals surface area contributed by atoms with Gasteiger partial charge in [-0.1, -0.05) is 48.0 Å². The highest BCUT2D eigenvalue weighted by atomic mass is 16.5. The van der Waals surface area contributed by atoms with Crippen LogP contribution in [0.5, 0.6) is 0 Å². The Labute approximate surface area is 117 Å². The second-order valence-corrected chi connectivity index (χ2v) is 6.11. The molecule has 2 nitrogen and oxygen atoms in total. The van der Waals surface area contributed by atoms with Crippen LogP contribution in [0.3, 0.4) is 0 Å². The van der Waals surface area contributed by atoms with Crippen molar-refractivity contribution in [3.8, 4) is 0 Å². The van der Waals surface area contributed by atoms with E-state index in [1.807, 2.05) is 18.2 Å². The van der Waals surface area contributed by atoms with Crippen molar-refractivity contribution >= 4 is 5.78 Å². The molecule has 1 fully saturated rings. The molecule has 1 saturated heterocycles. The number of ketones is 1. The largest absolute Gasteiger partial charge is 0.364 e. The lowest BCUT2D eigenvalue weighted by atomic mass is 9.76. The lowest BCUT2D eigenvalue weighted by Crippen LogP contribution is -2.20. The average Bonchev–Trinajstić information content (AvgIpc) is 3.10. The fourth-order valence-corrected chi connectivity index (χ4v) is 4.29. The highest BCUT2D eigenvalue weighted by molar-refractivity contribution is 6.04. The van der Waals surface area contributed by atoms with Crippen LogP contribution in [0.4, 0.5) is 0 Å². The van der Waals surface area contributed by atoms with Gasteiger partial charge in [0.05, 0.1) is 18.1 Å². The maximum absolute atomic E-state index is 12.7. The number of hydrogen-bond donors (Lipinski definition) is 0. The van der Waals surface area contributed by atoms with E-state index >= 15 is 0 Å². The van der Waals surface area contributed by atoms with E-state index in [0.717, 1.165) is 5.56 Å². The quantitative estimate of drug-likeness (QED) is 0.723. The number of carbonyl (C=O) groups is 1. The highest BCUT2D eigenvalue weighted by Gasteiger charge is 2.59. The summed E-state index contributed by atoms with van der Waals surface area (Å²) in [7, 11) is 0. The zero-order valence-electron chi connectivity index (χ0n) is 11.2. The molecule has 0 unspecified atom stereocenters. The molecular formula is C18H14O2. The molecular weight excluding hydrogens is 248 g/mol. The minimum Gasteiger partial charge on any atom is -0.364 e. The van der Waals surface area contributed by atoms with E-state index in [9.17, 15) is 4.79 Å². The van der Waals surface area contributed by atoms with Crippen molar-refractivity contribution in [2.45, 2.75) is 25.0 Å². The minimum atomic E-state index is -0.0404. The molecule has 0 aromatic heterocycles. The van der Waals surface area contributed by atoms with Gasteiger partial charge in [0.25, 0.3) is 0 Å². The third-order valence-electron chi connectivity index (χ3n) is 5.08. The summed E-state index contributed by atoms with van der Waals surface area (Å²) in [6.45, 7) is 2.08. The first-order chi connectivity index (χ1) is 9.75. The zero-order chi connectivity index (χ0) is 13.4. The third kappa shape index (κ3) is 1.08. The first-order valence-corrected chi connectivity index (χ1v) is 7.15. The molecule has 4 atom stereocenters. The summed E-state index contributed by atoms with van der Waals surface area (Å²) < 4.78 is 6.16. The topological polar surface area (TPSA) is 26.3 Å². The van der Waals surface area contributed by atoms with Crippen LogP contribution in [0, 0.1) is 12.8 Å². The van der Waals surface area contributed by atoms with E-state index in [1.165, 1.54) is 22.3 Å². The first-order valence-electron chi connectivity index (χ1n) is 7.15. The molecule has 2 heteroatoms. The second kappa shape index (κ2) is 3.39. The molecule has 2 aromatic rings. The molecule has 2 aromatic carbocycles. The second-order valence-electron chi connectivity index (χ2n) is 6.11. The Balaban J connectivity index is 1.75.